The van der Waals surface area contributed by atoms with E-state index in [1.54, 1.807) is 19.2 Å². The first-order valence-electron chi connectivity index (χ1n) is 4.57. The van der Waals surface area contributed by atoms with Crippen molar-refractivity contribution in [2.75, 3.05) is 7.11 Å². The lowest BCUT2D eigenvalue weighted by Gasteiger charge is -2.05. The highest BCUT2D eigenvalue weighted by molar-refractivity contribution is 6.33. The summed E-state index contributed by atoms with van der Waals surface area (Å²) in [5.41, 5.74) is 1.73. The second kappa shape index (κ2) is 4.32. The lowest BCUT2D eigenvalue weighted by atomic mass is 10.1. The molecule has 0 unspecified atom stereocenters. The molecular formula is C12H10ClNO. The quantitative estimate of drug-likeness (QED) is 0.772. The number of nitrogens with zero attached hydrogens (tertiary/aromatic N) is 1. The van der Waals surface area contributed by atoms with Gasteiger partial charge in [-0.2, -0.15) is 0 Å². The molecule has 0 aliphatic carbocycles. The minimum Gasteiger partial charge on any atom is -0.481 e. The molecule has 1 heterocycles. The van der Waals surface area contributed by atoms with Crippen molar-refractivity contribution in [2.45, 2.75) is 0 Å². The van der Waals surface area contributed by atoms with Crippen LogP contribution < -0.4 is 4.74 Å². The van der Waals surface area contributed by atoms with Gasteiger partial charge in [-0.25, -0.2) is 4.98 Å². The van der Waals surface area contributed by atoms with Crippen molar-refractivity contribution in [1.29, 1.82) is 0 Å². The summed E-state index contributed by atoms with van der Waals surface area (Å²) in [7, 11) is 1.59. The van der Waals surface area contributed by atoms with Gasteiger partial charge in [-0.05, 0) is 6.07 Å². The zero-order valence-corrected chi connectivity index (χ0v) is 9.03. The van der Waals surface area contributed by atoms with Gasteiger partial charge in [0.1, 0.15) is 0 Å². The van der Waals surface area contributed by atoms with Crippen molar-refractivity contribution < 1.29 is 4.74 Å². The molecule has 3 heteroatoms. The van der Waals surface area contributed by atoms with Crippen LogP contribution >= 0.6 is 11.6 Å². The average Bonchev–Trinajstić information content (AvgIpc) is 2.31. The molecular weight excluding hydrogens is 210 g/mol. The minimum atomic E-state index is 0.568. The molecule has 0 saturated carbocycles. The van der Waals surface area contributed by atoms with Crippen molar-refractivity contribution >= 4 is 11.6 Å². The van der Waals surface area contributed by atoms with Crippen molar-refractivity contribution in [3.8, 4) is 17.1 Å². The topological polar surface area (TPSA) is 22.1 Å². The summed E-state index contributed by atoms with van der Waals surface area (Å²) >= 11 is 6.07. The summed E-state index contributed by atoms with van der Waals surface area (Å²) in [4.78, 5) is 4.31. The van der Waals surface area contributed by atoms with E-state index in [4.69, 9.17) is 16.3 Å². The first-order valence-corrected chi connectivity index (χ1v) is 4.95. The Morgan fingerprint density at radius 2 is 1.80 bits per heavy atom. The van der Waals surface area contributed by atoms with Crippen LogP contribution in [0.4, 0.5) is 0 Å². The second-order valence-electron chi connectivity index (χ2n) is 3.05. The number of pyridine rings is 1. The molecule has 0 aliphatic rings. The lowest BCUT2D eigenvalue weighted by molar-refractivity contribution is 0.398. The van der Waals surface area contributed by atoms with E-state index in [9.17, 15) is 0 Å². The van der Waals surface area contributed by atoms with Crippen LogP contribution in [0.25, 0.3) is 11.3 Å². The highest BCUT2D eigenvalue weighted by Gasteiger charge is 2.05. The molecule has 2 nitrogen and oxygen atoms in total. The number of halogens is 1. The standard InChI is InChI=1S/C12H10ClNO/c1-15-11-8-7-10(13)12(14-11)9-5-3-2-4-6-9/h2-8H,1H3. The molecule has 76 valence electrons. The molecule has 1 aromatic heterocycles. The lowest BCUT2D eigenvalue weighted by Crippen LogP contribution is -1.90. The van der Waals surface area contributed by atoms with Gasteiger partial charge in [0.15, 0.2) is 0 Å². The van der Waals surface area contributed by atoms with E-state index in [2.05, 4.69) is 4.98 Å². The summed E-state index contributed by atoms with van der Waals surface area (Å²) in [5, 5.41) is 0.627. The molecule has 0 bridgehead atoms. The van der Waals surface area contributed by atoms with Crippen LogP contribution in [0, 0.1) is 0 Å². The van der Waals surface area contributed by atoms with E-state index in [-0.39, 0.29) is 0 Å². The van der Waals surface area contributed by atoms with Gasteiger partial charge < -0.3 is 4.74 Å². The van der Waals surface area contributed by atoms with Crippen LogP contribution in [0.1, 0.15) is 0 Å². The van der Waals surface area contributed by atoms with Crippen molar-refractivity contribution in [3.05, 3.63) is 47.5 Å². The monoisotopic (exact) mass is 219 g/mol. The Bertz CT molecular complexity index is 456. The van der Waals surface area contributed by atoms with E-state index >= 15 is 0 Å². The van der Waals surface area contributed by atoms with Gasteiger partial charge >= 0.3 is 0 Å². The maximum absolute atomic E-state index is 6.07. The van der Waals surface area contributed by atoms with Gasteiger partial charge in [-0.3, -0.25) is 0 Å². The summed E-state index contributed by atoms with van der Waals surface area (Å²) < 4.78 is 5.06. The van der Waals surface area contributed by atoms with Crippen LogP contribution in [-0.4, -0.2) is 12.1 Å². The minimum absolute atomic E-state index is 0.568. The van der Waals surface area contributed by atoms with E-state index in [1.807, 2.05) is 30.3 Å². The summed E-state index contributed by atoms with van der Waals surface area (Å²) in [6.07, 6.45) is 0. The third-order valence-electron chi connectivity index (χ3n) is 2.08. The van der Waals surface area contributed by atoms with Gasteiger partial charge in [0.2, 0.25) is 5.88 Å². The predicted molar refractivity (Wildman–Crippen MR) is 61.2 cm³/mol. The fraction of sp³-hybridized carbons (Fsp3) is 0.0833. The normalized spacial score (nSPS) is 10.0. The first-order chi connectivity index (χ1) is 7.31. The predicted octanol–water partition coefficient (Wildman–Crippen LogP) is 3.41. The van der Waals surface area contributed by atoms with E-state index in [0.29, 0.717) is 10.9 Å². The average molecular weight is 220 g/mol. The van der Waals surface area contributed by atoms with Crippen molar-refractivity contribution in [3.63, 3.8) is 0 Å². The van der Waals surface area contributed by atoms with Crippen LogP contribution in [0.3, 0.4) is 0 Å². The van der Waals surface area contributed by atoms with Crippen LogP contribution in [0.15, 0.2) is 42.5 Å². The summed E-state index contributed by atoms with van der Waals surface area (Å²) in [6, 6.07) is 13.3. The number of hydrogen-bond acceptors (Lipinski definition) is 2. The zero-order valence-electron chi connectivity index (χ0n) is 8.27. The number of benzene rings is 1. The fourth-order valence-corrected chi connectivity index (χ4v) is 1.55. The summed E-state index contributed by atoms with van der Waals surface area (Å²) in [5.74, 6) is 0.568. The first kappa shape index (κ1) is 9.99. The Hall–Kier alpha value is -1.54. The molecule has 0 radical (unpaired) electrons. The van der Waals surface area contributed by atoms with Crippen molar-refractivity contribution in [2.24, 2.45) is 0 Å². The third kappa shape index (κ3) is 2.10. The number of rotatable bonds is 2. The highest BCUT2D eigenvalue weighted by atomic mass is 35.5. The maximum atomic E-state index is 6.07. The summed E-state index contributed by atoms with van der Waals surface area (Å²) in [6.45, 7) is 0. The molecule has 0 spiro atoms. The largest absolute Gasteiger partial charge is 0.481 e. The maximum Gasteiger partial charge on any atom is 0.213 e. The Kier molecular flexibility index (Phi) is 2.88. The molecule has 2 aromatic rings. The Morgan fingerprint density at radius 1 is 1.07 bits per heavy atom. The third-order valence-corrected chi connectivity index (χ3v) is 2.38. The SMILES string of the molecule is COc1ccc(Cl)c(-c2ccccc2)n1. The van der Waals surface area contributed by atoms with Gasteiger partial charge in [0.05, 0.1) is 17.8 Å². The Morgan fingerprint density at radius 3 is 2.47 bits per heavy atom. The smallest absolute Gasteiger partial charge is 0.213 e. The Balaban J connectivity index is 2.52. The number of aromatic nitrogens is 1. The van der Waals surface area contributed by atoms with Gasteiger partial charge in [0, 0.05) is 11.6 Å². The van der Waals surface area contributed by atoms with E-state index in [0.717, 1.165) is 11.3 Å². The molecule has 15 heavy (non-hydrogen) atoms. The van der Waals surface area contributed by atoms with Crippen LogP contribution in [-0.2, 0) is 0 Å². The molecule has 0 amide bonds. The van der Waals surface area contributed by atoms with Gasteiger partial charge in [-0.15, -0.1) is 0 Å². The van der Waals surface area contributed by atoms with Crippen LogP contribution in [0.5, 0.6) is 5.88 Å². The fourth-order valence-electron chi connectivity index (χ4n) is 1.34. The number of ether oxygens (including phenoxy) is 1. The molecule has 0 saturated heterocycles. The molecule has 1 aromatic carbocycles. The second-order valence-corrected chi connectivity index (χ2v) is 3.46. The van der Waals surface area contributed by atoms with E-state index in [1.165, 1.54) is 0 Å². The molecule has 0 atom stereocenters. The molecule has 0 aliphatic heterocycles. The highest BCUT2D eigenvalue weighted by Crippen LogP contribution is 2.27. The zero-order chi connectivity index (χ0) is 10.7. The Labute approximate surface area is 93.5 Å². The van der Waals surface area contributed by atoms with Crippen LogP contribution in [0.2, 0.25) is 5.02 Å². The molecule has 2 rings (SSSR count). The molecule has 0 N–H and O–H groups in total. The number of methoxy groups -OCH3 is 1. The van der Waals surface area contributed by atoms with Gasteiger partial charge in [-0.1, -0.05) is 41.9 Å². The van der Waals surface area contributed by atoms with Gasteiger partial charge in [0.25, 0.3) is 0 Å². The number of hydrogen-bond donors (Lipinski definition) is 0. The molecule has 0 fully saturated rings. The van der Waals surface area contributed by atoms with E-state index < -0.39 is 0 Å². The van der Waals surface area contributed by atoms with Crippen molar-refractivity contribution in [1.82, 2.24) is 4.98 Å².